The molecule has 1 radical (unpaired) electrons. The fraction of sp³-hybridized carbons (Fsp3) is 0.822. The molecule has 0 aliphatic rings. The zero-order valence-corrected chi connectivity index (χ0v) is 40.3. The molecule has 59 heavy (non-hydrogen) atoms. The van der Waals surface area contributed by atoms with Crippen LogP contribution in [0.2, 0.25) is 0 Å². The van der Waals surface area contributed by atoms with Gasteiger partial charge in [-0.3, -0.25) is 28.2 Å². The van der Waals surface area contributed by atoms with E-state index >= 15 is 0 Å². The van der Waals surface area contributed by atoms with E-state index in [0.717, 1.165) is 77.0 Å². The van der Waals surface area contributed by atoms with Crippen molar-refractivity contribution in [3.05, 3.63) is 24.3 Å². The Morgan fingerprint density at radius 2 is 0.983 bits per heavy atom. The van der Waals surface area contributed by atoms with Crippen LogP contribution in [0.5, 0.6) is 0 Å². The number of carboxylic acids is 1. The molecule has 0 saturated heterocycles. The van der Waals surface area contributed by atoms with E-state index in [4.69, 9.17) is 23.6 Å². The first-order chi connectivity index (χ1) is 28.1. The van der Waals surface area contributed by atoms with Crippen LogP contribution in [0.4, 0.5) is 0 Å². The molecular formula is C45H82NNaO11P. The Bertz CT molecular complexity index is 1140. The molecule has 0 spiro atoms. The Hall–Kier alpha value is -1.53. The van der Waals surface area contributed by atoms with Crippen molar-refractivity contribution in [1.82, 2.24) is 5.32 Å². The van der Waals surface area contributed by atoms with Gasteiger partial charge < -0.3 is 24.8 Å². The van der Waals surface area contributed by atoms with Crippen molar-refractivity contribution in [3.63, 3.8) is 0 Å². The molecule has 0 aromatic carbocycles. The number of hydrogen-bond donors (Lipinski definition) is 3. The molecule has 0 aliphatic carbocycles. The minimum Gasteiger partial charge on any atom is -0.481 e. The fourth-order valence-electron chi connectivity index (χ4n) is 6.17. The third-order valence-electron chi connectivity index (χ3n) is 9.68. The molecule has 14 heteroatoms. The zero-order chi connectivity index (χ0) is 42.8. The number of ether oxygens (including phenoxy) is 2. The number of phosphoric ester groups is 1. The number of nitrogens with one attached hydrogen (secondary N) is 1. The van der Waals surface area contributed by atoms with Crippen LogP contribution in [0, 0.1) is 0 Å². The molecule has 0 aliphatic heterocycles. The largest absolute Gasteiger partial charge is 0.481 e. The minimum atomic E-state index is -4.61. The van der Waals surface area contributed by atoms with Gasteiger partial charge in [-0.25, -0.2) is 4.57 Å². The number of amides is 1. The number of aliphatic carboxylic acids is 1. The standard InChI is InChI=1S/C45H82NO11P.Na/c1-3-5-7-9-11-13-15-17-19-21-23-25-27-29-31-33-44(50)54-39-41(40-56-58(52,53)55-38-37-46-42(47)35-36-43(48)49)57-45(51)34-32-30-28-26-24-22-20-18-16-14-12-10-8-6-4-2;/h17-20,41H,3-16,21-40H2,1-2H3,(H,46,47)(H,48,49)(H,52,53);/b19-17-,20-18-;/t41-;/m1./s1. The predicted octanol–water partition coefficient (Wildman–Crippen LogP) is 11.3. The summed E-state index contributed by atoms with van der Waals surface area (Å²) < 4.78 is 33.3. The third-order valence-corrected chi connectivity index (χ3v) is 10.7. The van der Waals surface area contributed by atoms with Crippen molar-refractivity contribution in [2.24, 2.45) is 0 Å². The Balaban J connectivity index is 0. The summed E-state index contributed by atoms with van der Waals surface area (Å²) in [5.74, 6) is -2.62. The second-order valence-corrected chi connectivity index (χ2v) is 16.8. The summed E-state index contributed by atoms with van der Waals surface area (Å²) >= 11 is 0. The molecule has 0 rings (SSSR count). The topological polar surface area (TPSA) is 175 Å². The third kappa shape index (κ3) is 45.8. The van der Waals surface area contributed by atoms with E-state index in [1.54, 1.807) is 0 Å². The molecule has 0 aromatic rings. The van der Waals surface area contributed by atoms with E-state index < -0.39 is 44.3 Å². The van der Waals surface area contributed by atoms with Gasteiger partial charge in [-0.05, 0) is 64.2 Å². The van der Waals surface area contributed by atoms with E-state index in [1.165, 1.54) is 77.0 Å². The summed E-state index contributed by atoms with van der Waals surface area (Å²) in [4.78, 5) is 57.6. The number of carbonyl (C=O) groups excluding carboxylic acids is 3. The number of phosphoric acid groups is 1. The van der Waals surface area contributed by atoms with Crippen LogP contribution in [0.15, 0.2) is 24.3 Å². The van der Waals surface area contributed by atoms with Gasteiger partial charge in [-0.15, -0.1) is 0 Å². The first kappa shape index (κ1) is 59.6. The normalized spacial score (nSPS) is 12.9. The van der Waals surface area contributed by atoms with Gasteiger partial charge in [0, 0.05) is 55.4 Å². The van der Waals surface area contributed by atoms with Crippen LogP contribution in [0.25, 0.3) is 0 Å². The van der Waals surface area contributed by atoms with Gasteiger partial charge in [0.15, 0.2) is 6.10 Å². The van der Waals surface area contributed by atoms with Crippen molar-refractivity contribution in [2.75, 3.05) is 26.4 Å². The number of carbonyl (C=O) groups is 4. The van der Waals surface area contributed by atoms with Crippen molar-refractivity contribution >= 4 is 61.2 Å². The molecule has 0 saturated carbocycles. The van der Waals surface area contributed by atoms with Crippen molar-refractivity contribution in [3.8, 4) is 0 Å². The SMILES string of the molecule is CCCCCCCC/C=C\CCCCCCCC(=O)OC[C@H](COP(=O)(O)OCCNC(=O)CCC(=O)O)OC(=O)CCCCCCC/C=C\CCCCCCCC.[Na]. The van der Waals surface area contributed by atoms with E-state index in [0.29, 0.717) is 12.8 Å². The van der Waals surface area contributed by atoms with Crippen molar-refractivity contribution in [2.45, 2.75) is 213 Å². The number of carboxylic acid groups (broad SMARTS) is 1. The van der Waals surface area contributed by atoms with E-state index in [2.05, 4.69) is 43.5 Å². The van der Waals surface area contributed by atoms with Crippen molar-refractivity contribution in [1.29, 1.82) is 0 Å². The molecule has 3 N–H and O–H groups in total. The molecule has 12 nitrogen and oxygen atoms in total. The number of esters is 2. The van der Waals surface area contributed by atoms with Crippen LogP contribution in [0.3, 0.4) is 0 Å². The molecule has 0 aromatic heterocycles. The maximum Gasteiger partial charge on any atom is 0.472 e. The molecule has 0 heterocycles. The molecule has 1 amide bonds. The van der Waals surface area contributed by atoms with E-state index in [9.17, 15) is 28.6 Å². The monoisotopic (exact) mass is 867 g/mol. The number of allylic oxidation sites excluding steroid dienone is 4. The molecule has 0 fully saturated rings. The summed E-state index contributed by atoms with van der Waals surface area (Å²) in [5.41, 5.74) is 0. The average molecular weight is 867 g/mol. The van der Waals surface area contributed by atoms with Crippen LogP contribution in [-0.2, 0) is 42.3 Å². The van der Waals surface area contributed by atoms with Gasteiger partial charge in [0.1, 0.15) is 6.61 Å². The Labute approximate surface area is 380 Å². The summed E-state index contributed by atoms with van der Waals surface area (Å²) in [6.45, 7) is 3.07. The molecule has 0 bridgehead atoms. The summed E-state index contributed by atoms with van der Waals surface area (Å²) in [7, 11) is -4.61. The molecule has 2 atom stereocenters. The van der Waals surface area contributed by atoms with E-state index in [-0.39, 0.29) is 75.0 Å². The minimum absolute atomic E-state index is 0. The van der Waals surface area contributed by atoms with Crippen LogP contribution >= 0.6 is 7.82 Å². The predicted molar refractivity (Wildman–Crippen MR) is 237 cm³/mol. The van der Waals surface area contributed by atoms with E-state index in [1.807, 2.05) is 0 Å². The molecule has 339 valence electrons. The number of hydrogen-bond acceptors (Lipinski definition) is 9. The average Bonchev–Trinajstić information content (AvgIpc) is 3.19. The van der Waals surface area contributed by atoms with Gasteiger partial charge in [-0.2, -0.15) is 0 Å². The van der Waals surface area contributed by atoms with Gasteiger partial charge >= 0.3 is 25.7 Å². The maximum atomic E-state index is 12.7. The second kappa shape index (κ2) is 44.5. The quantitative estimate of drug-likeness (QED) is 0.0175. The van der Waals surface area contributed by atoms with Crippen LogP contribution in [0.1, 0.15) is 206 Å². The first-order valence-electron chi connectivity index (χ1n) is 22.8. The summed E-state index contributed by atoms with van der Waals surface area (Å²) in [6.07, 6.45) is 37.5. The Kier molecular flexibility index (Phi) is 44.9. The van der Waals surface area contributed by atoms with Crippen molar-refractivity contribution < 1.29 is 52.3 Å². The summed E-state index contributed by atoms with van der Waals surface area (Å²) in [5, 5.41) is 11.1. The number of unbranched alkanes of at least 4 members (excludes halogenated alkanes) is 22. The second-order valence-electron chi connectivity index (χ2n) is 15.3. The van der Waals surface area contributed by atoms with Gasteiger partial charge in [0.05, 0.1) is 19.6 Å². The Morgan fingerprint density at radius 3 is 1.44 bits per heavy atom. The van der Waals surface area contributed by atoms with Crippen LogP contribution < -0.4 is 5.32 Å². The van der Waals surface area contributed by atoms with Gasteiger partial charge in [0.25, 0.3) is 0 Å². The summed E-state index contributed by atoms with van der Waals surface area (Å²) in [6, 6.07) is 0. The zero-order valence-electron chi connectivity index (χ0n) is 37.4. The molecule has 1 unspecified atom stereocenters. The maximum absolute atomic E-state index is 12.7. The number of rotatable bonds is 43. The Morgan fingerprint density at radius 1 is 0.559 bits per heavy atom. The smallest absolute Gasteiger partial charge is 0.472 e. The first-order valence-corrected chi connectivity index (χ1v) is 24.3. The van der Waals surface area contributed by atoms with Gasteiger partial charge in [-0.1, -0.05) is 141 Å². The van der Waals surface area contributed by atoms with Crippen LogP contribution in [-0.4, -0.2) is 95.8 Å². The fourth-order valence-corrected chi connectivity index (χ4v) is 6.93. The molecular weight excluding hydrogens is 784 g/mol. The van der Waals surface area contributed by atoms with Gasteiger partial charge in [0.2, 0.25) is 5.91 Å².